The Morgan fingerprint density at radius 2 is 1.51 bits per heavy atom. The molecule has 0 saturated carbocycles. The zero-order valence-corrected chi connectivity index (χ0v) is 24.0. The number of sulfonamides is 1. The summed E-state index contributed by atoms with van der Waals surface area (Å²) in [6, 6.07) is 26.7. The lowest BCUT2D eigenvalue weighted by Crippen LogP contribution is -2.53. The molecule has 4 aromatic carbocycles. The van der Waals surface area contributed by atoms with E-state index in [9.17, 15) is 22.4 Å². The molecule has 4 rings (SSSR count). The molecule has 0 fully saturated rings. The Kier molecular flexibility index (Phi) is 9.73. The van der Waals surface area contributed by atoms with E-state index in [1.807, 2.05) is 61.5 Å². The van der Waals surface area contributed by atoms with E-state index in [1.54, 1.807) is 30.3 Å². The van der Waals surface area contributed by atoms with Crippen LogP contribution in [0.3, 0.4) is 0 Å². The molecule has 0 bridgehead atoms. The van der Waals surface area contributed by atoms with Gasteiger partial charge in [-0.3, -0.25) is 13.9 Å². The molecule has 0 radical (unpaired) electrons. The Hall–Kier alpha value is -4.24. The van der Waals surface area contributed by atoms with Crippen LogP contribution >= 0.6 is 0 Å². The number of amides is 2. The molecule has 1 N–H and O–H groups in total. The van der Waals surface area contributed by atoms with Crippen molar-refractivity contribution in [1.29, 1.82) is 0 Å². The van der Waals surface area contributed by atoms with Gasteiger partial charge in [0.2, 0.25) is 21.8 Å². The van der Waals surface area contributed by atoms with Gasteiger partial charge in [-0.25, -0.2) is 12.8 Å². The first-order valence-electron chi connectivity index (χ1n) is 13.5. The number of halogens is 1. The molecular weight excluding hydrogens is 541 g/mol. The van der Waals surface area contributed by atoms with Gasteiger partial charge in [-0.05, 0) is 41.1 Å². The van der Waals surface area contributed by atoms with Crippen molar-refractivity contribution < 1.29 is 22.4 Å². The van der Waals surface area contributed by atoms with Gasteiger partial charge >= 0.3 is 0 Å². The Morgan fingerprint density at radius 3 is 2.20 bits per heavy atom. The summed E-state index contributed by atoms with van der Waals surface area (Å²) in [7, 11) is -3.90. The molecule has 0 heterocycles. The summed E-state index contributed by atoms with van der Waals surface area (Å²) in [5.41, 5.74) is 1.82. The van der Waals surface area contributed by atoms with Gasteiger partial charge in [0.05, 0.1) is 11.9 Å². The molecule has 214 valence electrons. The summed E-state index contributed by atoms with van der Waals surface area (Å²) in [6.45, 7) is 1.83. The number of benzene rings is 4. The van der Waals surface area contributed by atoms with Crippen molar-refractivity contribution in [2.45, 2.75) is 32.4 Å². The fraction of sp³-hybridized carbons (Fsp3) is 0.250. The second-order valence-corrected chi connectivity index (χ2v) is 11.8. The lowest BCUT2D eigenvalue weighted by Gasteiger charge is -2.33. The van der Waals surface area contributed by atoms with Gasteiger partial charge in [0.15, 0.2) is 0 Å². The number of hydrogen-bond donors (Lipinski definition) is 1. The highest BCUT2D eigenvalue weighted by Gasteiger charge is 2.33. The van der Waals surface area contributed by atoms with Gasteiger partial charge < -0.3 is 10.2 Å². The van der Waals surface area contributed by atoms with E-state index in [2.05, 4.69) is 5.32 Å². The van der Waals surface area contributed by atoms with E-state index < -0.39 is 34.3 Å². The van der Waals surface area contributed by atoms with Crippen LogP contribution in [0.5, 0.6) is 0 Å². The summed E-state index contributed by atoms with van der Waals surface area (Å²) in [4.78, 5) is 29.1. The molecule has 0 aliphatic heterocycles. The number of fused-ring (bicyclic) bond motifs is 1. The third kappa shape index (κ3) is 7.70. The maximum Gasteiger partial charge on any atom is 0.244 e. The van der Waals surface area contributed by atoms with E-state index in [4.69, 9.17) is 0 Å². The largest absolute Gasteiger partial charge is 0.354 e. The molecule has 7 nitrogen and oxygen atoms in total. The van der Waals surface area contributed by atoms with Gasteiger partial charge in [-0.1, -0.05) is 85.8 Å². The predicted molar refractivity (Wildman–Crippen MR) is 160 cm³/mol. The van der Waals surface area contributed by atoms with Crippen LogP contribution in [0.25, 0.3) is 10.8 Å². The number of rotatable bonds is 12. The van der Waals surface area contributed by atoms with Crippen LogP contribution in [0.15, 0.2) is 97.1 Å². The van der Waals surface area contributed by atoms with Crippen LogP contribution in [0.1, 0.15) is 24.5 Å². The van der Waals surface area contributed by atoms with Crippen LogP contribution in [-0.2, 0) is 32.6 Å². The summed E-state index contributed by atoms with van der Waals surface area (Å²) in [5, 5.41) is 4.41. The van der Waals surface area contributed by atoms with Crippen LogP contribution in [-0.4, -0.2) is 50.5 Å². The Morgan fingerprint density at radius 1 is 0.854 bits per heavy atom. The van der Waals surface area contributed by atoms with E-state index in [1.165, 1.54) is 17.0 Å². The van der Waals surface area contributed by atoms with Gasteiger partial charge in [-0.2, -0.15) is 0 Å². The van der Waals surface area contributed by atoms with Gasteiger partial charge in [0, 0.05) is 24.9 Å². The molecule has 0 spiro atoms. The number of carbonyl (C=O) groups excluding carboxylic acids is 2. The average Bonchev–Trinajstić information content (AvgIpc) is 2.97. The second kappa shape index (κ2) is 13.4. The van der Waals surface area contributed by atoms with Crippen molar-refractivity contribution in [1.82, 2.24) is 10.2 Å². The predicted octanol–water partition coefficient (Wildman–Crippen LogP) is 4.91. The summed E-state index contributed by atoms with van der Waals surface area (Å²) < 4.78 is 41.0. The minimum Gasteiger partial charge on any atom is -0.354 e. The quantitative estimate of drug-likeness (QED) is 0.260. The molecule has 41 heavy (non-hydrogen) atoms. The smallest absolute Gasteiger partial charge is 0.244 e. The first-order chi connectivity index (χ1) is 19.7. The highest BCUT2D eigenvalue weighted by Crippen LogP contribution is 2.29. The van der Waals surface area contributed by atoms with Crippen LogP contribution < -0.4 is 9.62 Å². The van der Waals surface area contributed by atoms with Crippen molar-refractivity contribution in [2.75, 3.05) is 23.7 Å². The number of anilines is 1. The number of hydrogen-bond acceptors (Lipinski definition) is 4. The molecule has 2 amide bonds. The molecule has 0 unspecified atom stereocenters. The molecule has 9 heteroatoms. The Bertz CT molecular complexity index is 1590. The fourth-order valence-electron chi connectivity index (χ4n) is 4.73. The summed E-state index contributed by atoms with van der Waals surface area (Å²) in [5.74, 6) is -1.32. The summed E-state index contributed by atoms with van der Waals surface area (Å²) >= 11 is 0. The van der Waals surface area contributed by atoms with Crippen molar-refractivity contribution >= 4 is 38.3 Å². The molecule has 0 aliphatic carbocycles. The number of carbonyl (C=O) groups is 2. The van der Waals surface area contributed by atoms with E-state index in [0.29, 0.717) is 29.6 Å². The summed E-state index contributed by atoms with van der Waals surface area (Å²) in [6.07, 6.45) is 1.98. The molecule has 0 aromatic heterocycles. The lowest BCUT2D eigenvalue weighted by atomic mass is 10.0. The lowest BCUT2D eigenvalue weighted by molar-refractivity contribution is -0.140. The maximum atomic E-state index is 14.2. The topological polar surface area (TPSA) is 86.8 Å². The third-order valence-electron chi connectivity index (χ3n) is 6.80. The molecular formula is C32H34FN3O4S. The average molecular weight is 576 g/mol. The fourth-order valence-corrected chi connectivity index (χ4v) is 5.59. The van der Waals surface area contributed by atoms with Crippen LogP contribution in [0, 0.1) is 5.82 Å². The van der Waals surface area contributed by atoms with Crippen molar-refractivity contribution in [2.24, 2.45) is 0 Å². The van der Waals surface area contributed by atoms with Gasteiger partial charge in [0.1, 0.15) is 18.4 Å². The zero-order valence-electron chi connectivity index (χ0n) is 23.2. The van der Waals surface area contributed by atoms with Crippen molar-refractivity contribution in [3.05, 3.63) is 114 Å². The maximum absolute atomic E-state index is 14.2. The highest BCUT2D eigenvalue weighted by atomic mass is 32.2. The van der Waals surface area contributed by atoms with Crippen LogP contribution in [0.4, 0.5) is 10.1 Å². The number of nitrogens with one attached hydrogen (secondary N) is 1. The van der Waals surface area contributed by atoms with Crippen LogP contribution in [0.2, 0.25) is 0 Å². The Labute approximate surface area is 240 Å². The normalized spacial score (nSPS) is 12.1. The molecule has 1 atom stereocenters. The van der Waals surface area contributed by atoms with Crippen molar-refractivity contribution in [3.63, 3.8) is 0 Å². The SMILES string of the molecule is CCCNC(=O)[C@@H](Cc1ccccc1)N(Cc1ccc(F)cc1)C(=O)CN(c1cccc2ccccc12)S(C)(=O)=O. The minimum absolute atomic E-state index is 0.0106. The number of nitrogens with zero attached hydrogens (tertiary/aromatic N) is 2. The second-order valence-electron chi connectivity index (χ2n) is 9.91. The van der Waals surface area contributed by atoms with Gasteiger partial charge in [-0.15, -0.1) is 0 Å². The van der Waals surface area contributed by atoms with E-state index in [-0.39, 0.29) is 18.9 Å². The highest BCUT2D eigenvalue weighted by molar-refractivity contribution is 7.92. The van der Waals surface area contributed by atoms with Crippen molar-refractivity contribution in [3.8, 4) is 0 Å². The molecule has 0 aliphatic rings. The van der Waals surface area contributed by atoms with E-state index >= 15 is 0 Å². The zero-order chi connectivity index (χ0) is 29.4. The third-order valence-corrected chi connectivity index (χ3v) is 7.93. The van der Waals surface area contributed by atoms with Gasteiger partial charge in [0.25, 0.3) is 0 Å². The Balaban J connectivity index is 1.76. The standard InChI is InChI=1S/C32H34FN3O4S/c1-3-20-34-32(38)30(21-24-10-5-4-6-11-24)35(22-25-16-18-27(33)19-17-25)31(37)23-36(41(2,39)40)29-15-9-13-26-12-7-8-14-28(26)29/h4-19,30H,3,20-23H2,1-2H3,(H,34,38)/t30-/m1/s1. The first-order valence-corrected chi connectivity index (χ1v) is 15.3. The first kappa shape index (κ1) is 29.7. The monoisotopic (exact) mass is 575 g/mol. The molecule has 4 aromatic rings. The minimum atomic E-state index is -3.90. The van der Waals surface area contributed by atoms with E-state index in [0.717, 1.165) is 21.5 Å². The molecule has 0 saturated heterocycles.